The molecule has 0 aromatic heterocycles. The summed E-state index contributed by atoms with van der Waals surface area (Å²) < 4.78 is 6.43. The van der Waals surface area contributed by atoms with E-state index in [0.717, 1.165) is 5.56 Å². The standard InChI is InChI=1S/C21H36OSi2/c1-17(2)20-15-18(13-14-23(6,7)8)11-12-19(20)16-22-24(9,10)21(3,4)5/h11-12,15,17H,16H2,1-10H3. The van der Waals surface area contributed by atoms with Crippen LogP contribution in [0.1, 0.15) is 57.2 Å². The van der Waals surface area contributed by atoms with Crippen LogP contribution in [0.5, 0.6) is 0 Å². The van der Waals surface area contributed by atoms with E-state index in [1.807, 2.05) is 0 Å². The number of hydrogen-bond acceptors (Lipinski definition) is 1. The molecule has 3 heteroatoms. The third-order valence-electron chi connectivity index (χ3n) is 4.74. The first-order valence-electron chi connectivity index (χ1n) is 9.03. The minimum Gasteiger partial charge on any atom is -0.413 e. The molecule has 1 aromatic carbocycles. The van der Waals surface area contributed by atoms with Crippen molar-refractivity contribution in [1.29, 1.82) is 0 Å². The molecule has 0 bridgehead atoms. The van der Waals surface area contributed by atoms with Crippen LogP contribution in [-0.2, 0) is 11.0 Å². The van der Waals surface area contributed by atoms with Crippen molar-refractivity contribution in [2.45, 2.75) is 84.9 Å². The largest absolute Gasteiger partial charge is 0.413 e. The zero-order valence-corrected chi connectivity index (χ0v) is 19.4. The van der Waals surface area contributed by atoms with Gasteiger partial charge in [0, 0.05) is 5.56 Å². The van der Waals surface area contributed by atoms with Crippen LogP contribution < -0.4 is 0 Å². The van der Waals surface area contributed by atoms with Gasteiger partial charge in [-0.2, -0.15) is 0 Å². The van der Waals surface area contributed by atoms with E-state index in [4.69, 9.17) is 4.43 Å². The molecule has 134 valence electrons. The molecule has 24 heavy (non-hydrogen) atoms. The molecule has 0 N–H and O–H groups in total. The van der Waals surface area contributed by atoms with E-state index >= 15 is 0 Å². The first-order valence-corrected chi connectivity index (χ1v) is 15.4. The Labute approximate surface area is 152 Å². The normalized spacial score (nSPS) is 13.0. The Balaban J connectivity index is 3.06. The predicted molar refractivity (Wildman–Crippen MR) is 113 cm³/mol. The highest BCUT2D eigenvalue weighted by Crippen LogP contribution is 2.37. The molecule has 0 amide bonds. The average Bonchev–Trinajstić information content (AvgIpc) is 2.41. The molecule has 0 aliphatic heterocycles. The molecule has 0 unspecified atom stereocenters. The van der Waals surface area contributed by atoms with E-state index in [1.54, 1.807) is 0 Å². The van der Waals surface area contributed by atoms with E-state index in [1.165, 1.54) is 11.1 Å². The Morgan fingerprint density at radius 1 is 1.04 bits per heavy atom. The molecular formula is C21H36OSi2. The Hall–Kier alpha value is -0.826. The zero-order valence-electron chi connectivity index (χ0n) is 17.4. The summed E-state index contributed by atoms with van der Waals surface area (Å²) in [5.41, 5.74) is 7.29. The van der Waals surface area contributed by atoms with Gasteiger partial charge in [0.25, 0.3) is 0 Å². The maximum absolute atomic E-state index is 6.43. The summed E-state index contributed by atoms with van der Waals surface area (Å²) in [6.45, 7) is 23.6. The highest BCUT2D eigenvalue weighted by molar-refractivity contribution is 6.83. The third kappa shape index (κ3) is 6.24. The van der Waals surface area contributed by atoms with Crippen LogP contribution in [0, 0.1) is 11.5 Å². The molecule has 0 radical (unpaired) electrons. The SMILES string of the molecule is CC(C)c1cc(C#C[Si](C)(C)C)ccc1CO[Si](C)(C)C(C)(C)C. The van der Waals surface area contributed by atoms with Gasteiger partial charge in [-0.05, 0) is 47.3 Å². The summed E-state index contributed by atoms with van der Waals surface area (Å²) in [7, 11) is -3.06. The van der Waals surface area contributed by atoms with Crippen LogP contribution in [-0.4, -0.2) is 16.4 Å². The van der Waals surface area contributed by atoms with Gasteiger partial charge in [-0.15, -0.1) is 5.54 Å². The van der Waals surface area contributed by atoms with E-state index in [0.29, 0.717) is 12.5 Å². The fourth-order valence-corrected chi connectivity index (χ4v) is 3.54. The van der Waals surface area contributed by atoms with Gasteiger partial charge in [0.2, 0.25) is 0 Å². The van der Waals surface area contributed by atoms with Crippen molar-refractivity contribution in [3.8, 4) is 11.5 Å². The lowest BCUT2D eigenvalue weighted by Crippen LogP contribution is -2.40. The fraction of sp³-hybridized carbons (Fsp3) is 0.619. The monoisotopic (exact) mass is 360 g/mol. The maximum Gasteiger partial charge on any atom is 0.192 e. The van der Waals surface area contributed by atoms with Gasteiger partial charge in [0.15, 0.2) is 8.32 Å². The Morgan fingerprint density at radius 3 is 2.08 bits per heavy atom. The summed E-state index contributed by atoms with van der Waals surface area (Å²) in [5, 5.41) is 0.244. The summed E-state index contributed by atoms with van der Waals surface area (Å²) in [6.07, 6.45) is 0. The molecule has 1 nitrogen and oxygen atoms in total. The minimum absolute atomic E-state index is 0.244. The van der Waals surface area contributed by atoms with Gasteiger partial charge in [0.1, 0.15) is 8.07 Å². The van der Waals surface area contributed by atoms with Gasteiger partial charge in [-0.1, -0.05) is 66.2 Å². The smallest absolute Gasteiger partial charge is 0.192 e. The van der Waals surface area contributed by atoms with Crippen molar-refractivity contribution in [3.63, 3.8) is 0 Å². The zero-order chi connectivity index (χ0) is 18.8. The second kappa shape index (κ2) is 7.60. The Morgan fingerprint density at radius 2 is 1.62 bits per heavy atom. The molecule has 1 rings (SSSR count). The molecule has 0 heterocycles. The summed E-state index contributed by atoms with van der Waals surface area (Å²) >= 11 is 0. The molecule has 0 aliphatic carbocycles. The average molecular weight is 361 g/mol. The Kier molecular flexibility index (Phi) is 6.72. The lowest BCUT2D eigenvalue weighted by atomic mass is 9.95. The van der Waals surface area contributed by atoms with Gasteiger partial charge in [-0.25, -0.2) is 0 Å². The van der Waals surface area contributed by atoms with E-state index in [9.17, 15) is 0 Å². The molecular weight excluding hydrogens is 324 g/mol. The molecule has 0 atom stereocenters. The van der Waals surface area contributed by atoms with Gasteiger partial charge < -0.3 is 4.43 Å². The second-order valence-corrected chi connectivity index (χ2v) is 19.2. The quantitative estimate of drug-likeness (QED) is 0.436. The number of hydrogen-bond donors (Lipinski definition) is 0. The van der Waals surface area contributed by atoms with Crippen molar-refractivity contribution >= 4 is 16.4 Å². The summed E-state index contributed by atoms with van der Waals surface area (Å²) in [5.74, 6) is 3.87. The number of benzene rings is 1. The van der Waals surface area contributed by atoms with Crippen molar-refractivity contribution in [2.24, 2.45) is 0 Å². The highest BCUT2D eigenvalue weighted by Gasteiger charge is 2.37. The van der Waals surface area contributed by atoms with Crippen LogP contribution >= 0.6 is 0 Å². The lowest BCUT2D eigenvalue weighted by molar-refractivity contribution is 0.275. The minimum atomic E-state index is -1.72. The van der Waals surface area contributed by atoms with Crippen molar-refractivity contribution in [1.82, 2.24) is 0 Å². The predicted octanol–water partition coefficient (Wildman–Crippen LogP) is 6.56. The van der Waals surface area contributed by atoms with E-state index in [-0.39, 0.29) is 5.04 Å². The lowest BCUT2D eigenvalue weighted by Gasteiger charge is -2.36. The van der Waals surface area contributed by atoms with Crippen LogP contribution in [0.4, 0.5) is 0 Å². The van der Waals surface area contributed by atoms with E-state index < -0.39 is 16.4 Å². The molecule has 0 spiro atoms. The molecule has 0 aliphatic rings. The van der Waals surface area contributed by atoms with Crippen LogP contribution in [0.3, 0.4) is 0 Å². The second-order valence-electron chi connectivity index (χ2n) is 9.62. The highest BCUT2D eigenvalue weighted by atomic mass is 28.4. The van der Waals surface area contributed by atoms with Gasteiger partial charge in [-0.3, -0.25) is 0 Å². The fourth-order valence-electron chi connectivity index (χ4n) is 2.08. The summed E-state index contributed by atoms with van der Waals surface area (Å²) in [4.78, 5) is 0. The third-order valence-corrected chi connectivity index (χ3v) is 10.1. The van der Waals surface area contributed by atoms with Crippen LogP contribution in [0.25, 0.3) is 0 Å². The first kappa shape index (κ1) is 21.2. The van der Waals surface area contributed by atoms with Crippen LogP contribution in [0.2, 0.25) is 37.8 Å². The van der Waals surface area contributed by atoms with Gasteiger partial charge in [0.05, 0.1) is 6.61 Å². The van der Waals surface area contributed by atoms with Crippen LogP contribution in [0.15, 0.2) is 18.2 Å². The first-order chi connectivity index (χ1) is 10.7. The van der Waals surface area contributed by atoms with Gasteiger partial charge >= 0.3 is 0 Å². The molecule has 0 saturated carbocycles. The number of rotatable bonds is 4. The molecule has 0 fully saturated rings. The maximum atomic E-state index is 6.43. The van der Waals surface area contributed by atoms with E-state index in [2.05, 4.69) is 97.0 Å². The van der Waals surface area contributed by atoms with Crippen molar-refractivity contribution in [2.75, 3.05) is 0 Å². The van der Waals surface area contributed by atoms with Crippen molar-refractivity contribution < 1.29 is 4.43 Å². The molecule has 0 saturated heterocycles. The van der Waals surface area contributed by atoms with Crippen molar-refractivity contribution in [3.05, 3.63) is 34.9 Å². The topological polar surface area (TPSA) is 9.23 Å². The molecule has 1 aromatic rings. The Bertz CT molecular complexity index is 620. The summed E-state index contributed by atoms with van der Waals surface area (Å²) in [6, 6.07) is 6.64.